The molecule has 6 nitrogen and oxygen atoms in total. The minimum Gasteiger partial charge on any atom is -0.480 e. The molecule has 6 heteroatoms. The van der Waals surface area contributed by atoms with Gasteiger partial charge in [-0.2, -0.15) is 0 Å². The van der Waals surface area contributed by atoms with Crippen LogP contribution in [0.25, 0.3) is 0 Å². The Labute approximate surface area is 114 Å². The number of nitrogens with zero attached hydrogens (tertiary/aromatic N) is 1. The number of urea groups is 1. The number of carbonyl (C=O) groups is 2. The van der Waals surface area contributed by atoms with Gasteiger partial charge in [0.1, 0.15) is 6.04 Å². The van der Waals surface area contributed by atoms with Gasteiger partial charge in [0.25, 0.3) is 0 Å². The summed E-state index contributed by atoms with van der Waals surface area (Å²) >= 11 is 0. The summed E-state index contributed by atoms with van der Waals surface area (Å²) in [6, 6.07) is -0.867. The van der Waals surface area contributed by atoms with Gasteiger partial charge in [-0.25, -0.2) is 9.59 Å². The van der Waals surface area contributed by atoms with Crippen LogP contribution < -0.4 is 10.6 Å². The van der Waals surface area contributed by atoms with Crippen LogP contribution in [0.4, 0.5) is 4.79 Å². The van der Waals surface area contributed by atoms with Crippen molar-refractivity contribution in [1.29, 1.82) is 0 Å². The fraction of sp³-hybridized carbons (Fsp3) is 0.846. The molecule has 1 aliphatic rings. The quantitative estimate of drug-likeness (QED) is 0.674. The van der Waals surface area contributed by atoms with Crippen LogP contribution in [0.2, 0.25) is 0 Å². The Balaban J connectivity index is 2.47. The molecule has 1 fully saturated rings. The van der Waals surface area contributed by atoms with Gasteiger partial charge in [0.15, 0.2) is 0 Å². The first-order valence-electron chi connectivity index (χ1n) is 7.03. The van der Waals surface area contributed by atoms with E-state index < -0.39 is 12.0 Å². The molecule has 110 valence electrons. The molecule has 1 rings (SSSR count). The van der Waals surface area contributed by atoms with Crippen molar-refractivity contribution >= 4 is 12.0 Å². The largest absolute Gasteiger partial charge is 0.480 e. The van der Waals surface area contributed by atoms with Crippen molar-refractivity contribution < 1.29 is 14.7 Å². The van der Waals surface area contributed by atoms with Crippen LogP contribution in [0.1, 0.15) is 39.0 Å². The number of hydrogen-bond acceptors (Lipinski definition) is 3. The molecule has 0 aromatic carbocycles. The molecule has 19 heavy (non-hydrogen) atoms. The summed E-state index contributed by atoms with van der Waals surface area (Å²) in [4.78, 5) is 24.8. The average Bonchev–Trinajstić information content (AvgIpc) is 2.43. The van der Waals surface area contributed by atoms with E-state index in [0.29, 0.717) is 6.42 Å². The van der Waals surface area contributed by atoms with Gasteiger partial charge in [0.2, 0.25) is 0 Å². The number of carboxylic acid groups (broad SMARTS) is 1. The molecular weight excluding hydrogens is 246 g/mol. The van der Waals surface area contributed by atoms with Gasteiger partial charge in [-0.3, -0.25) is 0 Å². The highest BCUT2D eigenvalue weighted by Gasteiger charge is 2.25. The summed E-state index contributed by atoms with van der Waals surface area (Å²) in [5, 5.41) is 15.0. The van der Waals surface area contributed by atoms with Gasteiger partial charge in [-0.15, -0.1) is 0 Å². The van der Waals surface area contributed by atoms with Crippen molar-refractivity contribution in [1.82, 2.24) is 15.5 Å². The molecule has 0 unspecified atom stereocenters. The van der Waals surface area contributed by atoms with E-state index >= 15 is 0 Å². The highest BCUT2D eigenvalue weighted by atomic mass is 16.4. The van der Waals surface area contributed by atoms with E-state index in [0.717, 1.165) is 38.8 Å². The van der Waals surface area contributed by atoms with E-state index in [1.165, 1.54) is 0 Å². The van der Waals surface area contributed by atoms with Crippen molar-refractivity contribution in [3.63, 3.8) is 0 Å². The number of amides is 2. The van der Waals surface area contributed by atoms with Crippen LogP contribution in [0.15, 0.2) is 0 Å². The highest BCUT2D eigenvalue weighted by Crippen LogP contribution is 2.10. The molecular formula is C13H25N3O3. The molecule has 3 N–H and O–H groups in total. The summed E-state index contributed by atoms with van der Waals surface area (Å²) in [6.07, 6.45) is 4.03. The first kappa shape index (κ1) is 15.8. The molecule has 2 amide bonds. The maximum atomic E-state index is 12.1. The Kier molecular flexibility index (Phi) is 6.62. The maximum absolute atomic E-state index is 12.1. The summed E-state index contributed by atoms with van der Waals surface area (Å²) in [6.45, 7) is 3.81. The lowest BCUT2D eigenvalue weighted by atomic mass is 10.1. The minimum absolute atomic E-state index is 0.196. The van der Waals surface area contributed by atoms with Gasteiger partial charge in [0.05, 0.1) is 0 Å². The Morgan fingerprint density at radius 2 is 2.05 bits per heavy atom. The topological polar surface area (TPSA) is 81.7 Å². The lowest BCUT2D eigenvalue weighted by molar-refractivity contribution is -0.139. The number of carbonyl (C=O) groups excluding carboxylic acids is 1. The molecule has 0 aliphatic carbocycles. The van der Waals surface area contributed by atoms with E-state index in [1.807, 2.05) is 6.92 Å². The van der Waals surface area contributed by atoms with Crippen molar-refractivity contribution in [2.24, 2.45) is 0 Å². The minimum atomic E-state index is -0.958. The second-order valence-corrected chi connectivity index (χ2v) is 5.07. The van der Waals surface area contributed by atoms with Crippen molar-refractivity contribution in [2.45, 2.75) is 51.1 Å². The zero-order valence-corrected chi connectivity index (χ0v) is 11.8. The fourth-order valence-corrected chi connectivity index (χ4v) is 2.28. The molecule has 0 aromatic rings. The summed E-state index contributed by atoms with van der Waals surface area (Å²) in [5.41, 5.74) is 0. The second-order valence-electron chi connectivity index (χ2n) is 5.07. The Hall–Kier alpha value is -1.30. The number of nitrogens with one attached hydrogen (secondary N) is 2. The molecule has 1 atom stereocenters. The normalized spacial score (nSPS) is 17.8. The van der Waals surface area contributed by atoms with Crippen molar-refractivity contribution in [3.8, 4) is 0 Å². The number of rotatable bonds is 6. The van der Waals surface area contributed by atoms with Crippen molar-refractivity contribution in [2.75, 3.05) is 20.1 Å². The zero-order chi connectivity index (χ0) is 14.3. The highest BCUT2D eigenvalue weighted by molar-refractivity contribution is 5.82. The van der Waals surface area contributed by atoms with Crippen molar-refractivity contribution in [3.05, 3.63) is 0 Å². The average molecular weight is 271 g/mol. The predicted molar refractivity (Wildman–Crippen MR) is 73.1 cm³/mol. The Morgan fingerprint density at radius 1 is 1.42 bits per heavy atom. The lowest BCUT2D eigenvalue weighted by Gasteiger charge is -2.32. The van der Waals surface area contributed by atoms with E-state index in [4.69, 9.17) is 5.11 Å². The molecule has 0 saturated carbocycles. The zero-order valence-electron chi connectivity index (χ0n) is 11.8. The summed E-state index contributed by atoms with van der Waals surface area (Å²) in [5.74, 6) is -0.958. The van der Waals surface area contributed by atoms with Crippen LogP contribution in [-0.2, 0) is 4.79 Å². The van der Waals surface area contributed by atoms with Crippen LogP contribution in [0.3, 0.4) is 0 Å². The third-order valence-corrected chi connectivity index (χ3v) is 3.62. The van der Waals surface area contributed by atoms with E-state index in [2.05, 4.69) is 10.6 Å². The molecule has 0 bridgehead atoms. The van der Waals surface area contributed by atoms with Gasteiger partial charge in [0, 0.05) is 13.1 Å². The maximum Gasteiger partial charge on any atom is 0.326 e. The Bertz CT molecular complexity index is 304. The standard InChI is InChI=1S/C13H25N3O3/c1-3-4-5-11(12(17)18)15-13(19)16(2)10-6-8-14-9-7-10/h10-11,14H,3-9H2,1-2H3,(H,15,19)(H,17,18)/t11-/m0/s1. The van der Waals surface area contributed by atoms with Crippen LogP contribution in [-0.4, -0.2) is 54.2 Å². The molecule has 1 heterocycles. The van der Waals surface area contributed by atoms with Crippen LogP contribution in [0, 0.1) is 0 Å². The number of hydrogen-bond donors (Lipinski definition) is 3. The first-order valence-corrected chi connectivity index (χ1v) is 7.03. The van der Waals surface area contributed by atoms with E-state index in [-0.39, 0.29) is 12.1 Å². The number of carboxylic acids is 1. The molecule has 0 radical (unpaired) electrons. The van der Waals surface area contributed by atoms with Gasteiger partial charge < -0.3 is 20.6 Å². The van der Waals surface area contributed by atoms with Crippen LogP contribution in [0.5, 0.6) is 0 Å². The third-order valence-electron chi connectivity index (χ3n) is 3.62. The molecule has 0 spiro atoms. The lowest BCUT2D eigenvalue weighted by Crippen LogP contribution is -2.51. The number of unbranched alkanes of at least 4 members (excludes halogenated alkanes) is 1. The fourth-order valence-electron chi connectivity index (χ4n) is 2.28. The number of aliphatic carboxylic acids is 1. The SMILES string of the molecule is CCCC[C@H](NC(=O)N(C)C1CCNCC1)C(=O)O. The summed E-state index contributed by atoms with van der Waals surface area (Å²) < 4.78 is 0. The smallest absolute Gasteiger partial charge is 0.326 e. The number of piperidine rings is 1. The molecule has 0 aromatic heterocycles. The van der Waals surface area contributed by atoms with Gasteiger partial charge >= 0.3 is 12.0 Å². The molecule has 1 saturated heterocycles. The predicted octanol–water partition coefficient (Wildman–Crippen LogP) is 1.02. The van der Waals surface area contributed by atoms with Gasteiger partial charge in [-0.05, 0) is 32.4 Å². The second kappa shape index (κ2) is 7.99. The summed E-state index contributed by atoms with van der Waals surface area (Å²) in [7, 11) is 1.74. The van der Waals surface area contributed by atoms with E-state index in [1.54, 1.807) is 11.9 Å². The van der Waals surface area contributed by atoms with E-state index in [9.17, 15) is 9.59 Å². The first-order chi connectivity index (χ1) is 9.06. The van der Waals surface area contributed by atoms with Crippen LogP contribution >= 0.6 is 0 Å². The van der Waals surface area contributed by atoms with Gasteiger partial charge in [-0.1, -0.05) is 19.8 Å². The third kappa shape index (κ3) is 5.06. The Morgan fingerprint density at radius 3 is 2.58 bits per heavy atom. The molecule has 1 aliphatic heterocycles. The monoisotopic (exact) mass is 271 g/mol.